The molecule has 1 aliphatic heterocycles. The summed E-state index contributed by atoms with van der Waals surface area (Å²) in [6.45, 7) is 7.84. The zero-order valence-corrected chi connectivity index (χ0v) is 11.9. The third-order valence-electron chi connectivity index (χ3n) is 3.44. The number of hydrogen-bond donors (Lipinski definition) is 1. The molecule has 0 saturated carbocycles. The molecule has 102 valence electrons. The zero-order chi connectivity index (χ0) is 13.4. The van der Waals surface area contributed by atoms with E-state index in [0.717, 1.165) is 36.9 Å². The molecule has 0 aliphatic carbocycles. The van der Waals surface area contributed by atoms with E-state index in [9.17, 15) is 4.79 Å². The Bertz CT molecular complexity index is 645. The van der Waals surface area contributed by atoms with E-state index in [0.29, 0.717) is 11.0 Å². The second kappa shape index (κ2) is 4.99. The van der Waals surface area contributed by atoms with E-state index in [2.05, 4.69) is 27.2 Å². The van der Waals surface area contributed by atoms with Crippen molar-refractivity contribution in [2.45, 2.75) is 26.4 Å². The monoisotopic (exact) mass is 279 g/mol. The highest BCUT2D eigenvalue weighted by atomic mass is 32.1. The molecule has 2 aromatic heterocycles. The van der Waals surface area contributed by atoms with Gasteiger partial charge in [0.1, 0.15) is 5.01 Å². The first-order valence-corrected chi connectivity index (χ1v) is 7.30. The first-order valence-electron chi connectivity index (χ1n) is 6.48. The Balaban J connectivity index is 1.88. The maximum atomic E-state index is 11.8. The topological polar surface area (TPSA) is 62.5 Å². The maximum absolute atomic E-state index is 11.8. The van der Waals surface area contributed by atoms with Crippen molar-refractivity contribution in [3.05, 3.63) is 27.1 Å². The average molecular weight is 279 g/mol. The number of nitrogens with one attached hydrogen (secondary N) is 1. The molecule has 0 atom stereocenters. The summed E-state index contributed by atoms with van der Waals surface area (Å²) in [5.74, 6) is 0. The molecular formula is C12H17N5OS. The van der Waals surface area contributed by atoms with Gasteiger partial charge in [0.05, 0.1) is 6.54 Å². The highest BCUT2D eigenvalue weighted by Crippen LogP contribution is 2.16. The second-order valence-corrected chi connectivity index (χ2v) is 5.84. The lowest BCUT2D eigenvalue weighted by molar-refractivity contribution is 0.144. The van der Waals surface area contributed by atoms with E-state index < -0.39 is 0 Å². The van der Waals surface area contributed by atoms with Crippen LogP contribution in [0, 0.1) is 6.92 Å². The fourth-order valence-electron chi connectivity index (χ4n) is 2.23. The van der Waals surface area contributed by atoms with Crippen LogP contribution in [0.4, 0.5) is 0 Å². The predicted octanol–water partition coefficient (Wildman–Crippen LogP) is 0.253. The van der Waals surface area contributed by atoms with Gasteiger partial charge >= 0.3 is 0 Å². The van der Waals surface area contributed by atoms with Crippen molar-refractivity contribution in [1.29, 1.82) is 0 Å². The van der Waals surface area contributed by atoms with Crippen molar-refractivity contribution in [2.24, 2.45) is 0 Å². The SMILES string of the molecule is CCN(Cc1nn2c(=O)cc(C)nc2s1)C1CNC1. The van der Waals surface area contributed by atoms with E-state index >= 15 is 0 Å². The van der Waals surface area contributed by atoms with Crippen LogP contribution < -0.4 is 10.9 Å². The second-order valence-electron chi connectivity index (χ2n) is 4.80. The lowest BCUT2D eigenvalue weighted by atomic mass is 10.1. The minimum Gasteiger partial charge on any atom is -0.314 e. The smallest absolute Gasteiger partial charge is 0.275 e. The van der Waals surface area contributed by atoms with E-state index in [4.69, 9.17) is 0 Å². The molecule has 19 heavy (non-hydrogen) atoms. The summed E-state index contributed by atoms with van der Waals surface area (Å²) >= 11 is 1.50. The number of aromatic nitrogens is 3. The van der Waals surface area contributed by atoms with Crippen molar-refractivity contribution >= 4 is 16.3 Å². The van der Waals surface area contributed by atoms with Crippen LogP contribution in [0.3, 0.4) is 0 Å². The summed E-state index contributed by atoms with van der Waals surface area (Å²) in [5, 5.41) is 8.61. The van der Waals surface area contributed by atoms with Gasteiger partial charge in [0.25, 0.3) is 5.56 Å². The Kier molecular flexibility index (Phi) is 3.34. The molecule has 1 N–H and O–H groups in total. The predicted molar refractivity (Wildman–Crippen MR) is 74.6 cm³/mol. The van der Waals surface area contributed by atoms with Crippen molar-refractivity contribution in [1.82, 2.24) is 24.8 Å². The Morgan fingerprint density at radius 2 is 2.37 bits per heavy atom. The zero-order valence-electron chi connectivity index (χ0n) is 11.1. The molecule has 1 aliphatic rings. The van der Waals surface area contributed by atoms with Crippen LogP contribution in [0.25, 0.3) is 4.96 Å². The number of likely N-dealkylation sites (N-methyl/N-ethyl adjacent to an activating group) is 1. The van der Waals surface area contributed by atoms with Gasteiger partial charge in [0, 0.05) is 30.9 Å². The van der Waals surface area contributed by atoms with E-state index in [-0.39, 0.29) is 5.56 Å². The van der Waals surface area contributed by atoms with Gasteiger partial charge in [-0.25, -0.2) is 4.98 Å². The van der Waals surface area contributed by atoms with Crippen molar-refractivity contribution < 1.29 is 0 Å². The summed E-state index contributed by atoms with van der Waals surface area (Å²) in [4.78, 5) is 19.2. The lowest BCUT2D eigenvalue weighted by Crippen LogP contribution is -2.56. The summed E-state index contributed by atoms with van der Waals surface area (Å²) < 4.78 is 1.40. The first-order chi connectivity index (χ1) is 9.17. The van der Waals surface area contributed by atoms with Crippen LogP contribution in [-0.2, 0) is 6.54 Å². The van der Waals surface area contributed by atoms with Gasteiger partial charge in [0.2, 0.25) is 4.96 Å². The van der Waals surface area contributed by atoms with E-state index in [1.807, 2.05) is 6.92 Å². The molecule has 0 spiro atoms. The van der Waals surface area contributed by atoms with Crippen molar-refractivity contribution in [3.63, 3.8) is 0 Å². The Morgan fingerprint density at radius 3 is 3.00 bits per heavy atom. The summed E-state index contributed by atoms with van der Waals surface area (Å²) in [5.41, 5.74) is 0.647. The third kappa shape index (κ3) is 2.41. The Labute approximate surface area is 115 Å². The summed E-state index contributed by atoms with van der Waals surface area (Å²) in [6.07, 6.45) is 0. The largest absolute Gasteiger partial charge is 0.314 e. The molecule has 3 heterocycles. The summed E-state index contributed by atoms with van der Waals surface area (Å²) in [7, 11) is 0. The fourth-order valence-corrected chi connectivity index (χ4v) is 3.20. The van der Waals surface area contributed by atoms with Gasteiger partial charge in [-0.1, -0.05) is 18.3 Å². The number of rotatable bonds is 4. The molecule has 0 radical (unpaired) electrons. The molecule has 2 aromatic rings. The maximum Gasteiger partial charge on any atom is 0.275 e. The molecule has 0 aromatic carbocycles. The average Bonchev–Trinajstić information content (AvgIpc) is 2.68. The minimum atomic E-state index is -0.0987. The normalized spacial score (nSPS) is 16.2. The molecule has 1 fully saturated rings. The van der Waals surface area contributed by atoms with E-state index in [1.165, 1.54) is 21.9 Å². The van der Waals surface area contributed by atoms with Gasteiger partial charge in [-0.05, 0) is 13.5 Å². The molecule has 0 bridgehead atoms. The van der Waals surface area contributed by atoms with E-state index in [1.54, 1.807) is 0 Å². The molecule has 6 nitrogen and oxygen atoms in total. The van der Waals surface area contributed by atoms with Gasteiger partial charge < -0.3 is 5.32 Å². The number of hydrogen-bond acceptors (Lipinski definition) is 6. The third-order valence-corrected chi connectivity index (χ3v) is 4.33. The number of nitrogens with zero attached hydrogens (tertiary/aromatic N) is 4. The highest BCUT2D eigenvalue weighted by molar-refractivity contribution is 7.16. The van der Waals surface area contributed by atoms with Crippen molar-refractivity contribution in [3.8, 4) is 0 Å². The quantitative estimate of drug-likeness (QED) is 0.869. The molecule has 0 unspecified atom stereocenters. The standard InChI is InChI=1S/C12H17N5OS/c1-3-16(9-5-13-6-9)7-10-15-17-11(18)4-8(2)14-12(17)19-10/h4,9,13H,3,5-7H2,1-2H3. The molecule has 1 saturated heterocycles. The van der Waals surface area contributed by atoms with Gasteiger partial charge in [-0.3, -0.25) is 9.69 Å². The first kappa shape index (κ1) is 12.7. The van der Waals surface area contributed by atoms with Gasteiger partial charge in [-0.2, -0.15) is 9.61 Å². The van der Waals surface area contributed by atoms with Crippen LogP contribution in [0.2, 0.25) is 0 Å². The van der Waals surface area contributed by atoms with Gasteiger partial charge in [-0.15, -0.1) is 0 Å². The Morgan fingerprint density at radius 1 is 1.58 bits per heavy atom. The van der Waals surface area contributed by atoms with Gasteiger partial charge in [0.15, 0.2) is 0 Å². The van der Waals surface area contributed by atoms with Crippen LogP contribution in [0.15, 0.2) is 10.9 Å². The molecular weight excluding hydrogens is 262 g/mol. The van der Waals surface area contributed by atoms with Crippen molar-refractivity contribution in [2.75, 3.05) is 19.6 Å². The lowest BCUT2D eigenvalue weighted by Gasteiger charge is -2.37. The van der Waals surface area contributed by atoms with Crippen LogP contribution in [0.5, 0.6) is 0 Å². The fraction of sp³-hybridized carbons (Fsp3) is 0.583. The minimum absolute atomic E-state index is 0.0987. The van der Waals surface area contributed by atoms with Crippen LogP contribution in [-0.4, -0.2) is 45.2 Å². The molecule has 3 rings (SSSR count). The van der Waals surface area contributed by atoms with Crippen LogP contribution >= 0.6 is 11.3 Å². The molecule has 0 amide bonds. The number of fused-ring (bicyclic) bond motifs is 1. The van der Waals surface area contributed by atoms with Crippen LogP contribution in [0.1, 0.15) is 17.6 Å². The number of aryl methyl sites for hydroxylation is 1. The molecule has 7 heteroatoms. The highest BCUT2D eigenvalue weighted by Gasteiger charge is 2.24. The summed E-state index contributed by atoms with van der Waals surface area (Å²) in [6, 6.07) is 2.10. The Hall–Kier alpha value is -1.31.